The molecule has 1 aromatic heterocycles. The van der Waals surface area contributed by atoms with E-state index >= 15 is 0 Å². The number of nitrogens with zero attached hydrogens (tertiary/aromatic N) is 2. The predicted octanol–water partition coefficient (Wildman–Crippen LogP) is 1.04. The molecule has 0 atom stereocenters. The van der Waals surface area contributed by atoms with E-state index in [1.807, 2.05) is 6.92 Å². The molecule has 0 aliphatic heterocycles. The number of nitrogens with one attached hydrogen (secondary N) is 2. The molecule has 0 radical (unpaired) electrons. The molecule has 0 unspecified atom stereocenters. The van der Waals surface area contributed by atoms with Gasteiger partial charge in [0.1, 0.15) is 5.82 Å². The van der Waals surface area contributed by atoms with Gasteiger partial charge in [0.15, 0.2) is 0 Å². The summed E-state index contributed by atoms with van der Waals surface area (Å²) in [6.07, 6.45) is 1.70. The number of hydrogen-bond acceptors (Lipinski definition) is 4. The van der Waals surface area contributed by atoms with Gasteiger partial charge in [-0.3, -0.25) is 9.89 Å². The maximum Gasteiger partial charge on any atom is 0.291 e. The molecule has 3 N–H and O–H groups in total. The van der Waals surface area contributed by atoms with Crippen LogP contribution in [0.3, 0.4) is 0 Å². The molecule has 0 saturated heterocycles. The fourth-order valence-corrected chi connectivity index (χ4v) is 1.24. The maximum absolute atomic E-state index is 12.0. The number of amides is 1. The highest BCUT2D eigenvalue weighted by Crippen LogP contribution is 2.20. The highest BCUT2D eigenvalue weighted by atomic mass is 16.3. The van der Waals surface area contributed by atoms with Crippen LogP contribution in [0.2, 0.25) is 0 Å². The van der Waals surface area contributed by atoms with E-state index in [-0.39, 0.29) is 11.7 Å². The fourth-order valence-electron chi connectivity index (χ4n) is 1.24. The van der Waals surface area contributed by atoms with Crippen molar-refractivity contribution in [3.63, 3.8) is 0 Å². The lowest BCUT2D eigenvalue weighted by Gasteiger charge is -2.37. The van der Waals surface area contributed by atoms with Crippen molar-refractivity contribution in [2.75, 3.05) is 0 Å². The number of carbonyl (C=O) groups excluding carboxylic acids is 1. The Labute approximate surface area is 107 Å². The fraction of sp³-hybridized carbons (Fsp3) is 0.750. The summed E-state index contributed by atoms with van der Waals surface area (Å²) in [7, 11) is 0. The number of H-pyrrole nitrogens is 1. The number of aliphatic hydroxyl groups is 1. The first kappa shape index (κ1) is 14.6. The summed E-state index contributed by atoms with van der Waals surface area (Å²) in [5.41, 5.74) is -1.80. The van der Waals surface area contributed by atoms with Gasteiger partial charge in [0.2, 0.25) is 5.82 Å². The van der Waals surface area contributed by atoms with Gasteiger partial charge in [0, 0.05) is 6.42 Å². The zero-order valence-electron chi connectivity index (χ0n) is 11.7. The SMILES string of the molecule is CCCc1nc(C(=O)NC(C)(C)C(C)(C)O)n[nH]1. The normalized spacial score (nSPS) is 12.6. The van der Waals surface area contributed by atoms with E-state index in [1.54, 1.807) is 27.7 Å². The third-order valence-corrected chi connectivity index (χ3v) is 3.18. The second kappa shape index (κ2) is 5.06. The van der Waals surface area contributed by atoms with Crippen molar-refractivity contribution in [1.82, 2.24) is 20.5 Å². The maximum atomic E-state index is 12.0. The van der Waals surface area contributed by atoms with Crippen LogP contribution < -0.4 is 5.32 Å². The minimum Gasteiger partial charge on any atom is -0.388 e. The van der Waals surface area contributed by atoms with Gasteiger partial charge in [-0.1, -0.05) is 6.92 Å². The number of carbonyl (C=O) groups is 1. The van der Waals surface area contributed by atoms with Gasteiger partial charge in [-0.05, 0) is 34.1 Å². The molecule has 0 saturated carbocycles. The average Bonchev–Trinajstić information content (AvgIpc) is 2.64. The van der Waals surface area contributed by atoms with Crippen LogP contribution in [0.5, 0.6) is 0 Å². The molecule has 0 spiro atoms. The number of hydrogen-bond donors (Lipinski definition) is 3. The molecule has 0 bridgehead atoms. The molecule has 0 aromatic carbocycles. The number of aryl methyl sites for hydroxylation is 1. The predicted molar refractivity (Wildman–Crippen MR) is 68.2 cm³/mol. The summed E-state index contributed by atoms with van der Waals surface area (Å²) in [4.78, 5) is 16.1. The van der Waals surface area contributed by atoms with Gasteiger partial charge in [0.05, 0.1) is 11.1 Å². The third kappa shape index (κ3) is 3.29. The first-order chi connectivity index (χ1) is 8.17. The van der Waals surface area contributed by atoms with Gasteiger partial charge < -0.3 is 10.4 Å². The van der Waals surface area contributed by atoms with Crippen molar-refractivity contribution in [3.8, 4) is 0 Å². The van der Waals surface area contributed by atoms with Crippen LogP contribution in [0.25, 0.3) is 0 Å². The molecular formula is C12H22N4O2. The van der Waals surface area contributed by atoms with Gasteiger partial charge in [-0.25, -0.2) is 4.98 Å². The van der Waals surface area contributed by atoms with E-state index in [0.29, 0.717) is 5.82 Å². The Balaban J connectivity index is 2.76. The third-order valence-electron chi connectivity index (χ3n) is 3.18. The molecule has 1 amide bonds. The summed E-state index contributed by atoms with van der Waals surface area (Å²) < 4.78 is 0. The highest BCUT2D eigenvalue weighted by molar-refractivity contribution is 5.90. The topological polar surface area (TPSA) is 90.9 Å². The number of aromatic nitrogens is 3. The Hall–Kier alpha value is -1.43. The Morgan fingerprint density at radius 2 is 2.00 bits per heavy atom. The summed E-state index contributed by atoms with van der Waals surface area (Å²) in [5, 5.41) is 19.3. The van der Waals surface area contributed by atoms with Gasteiger partial charge in [-0.15, -0.1) is 5.10 Å². The molecule has 6 heteroatoms. The lowest BCUT2D eigenvalue weighted by Crippen LogP contribution is -2.57. The van der Waals surface area contributed by atoms with Crippen molar-refractivity contribution in [3.05, 3.63) is 11.6 Å². The van der Waals surface area contributed by atoms with Gasteiger partial charge >= 0.3 is 0 Å². The standard InChI is InChI=1S/C12H22N4O2/c1-6-7-8-13-9(16-15-8)10(17)14-11(2,3)12(4,5)18/h18H,6-7H2,1-5H3,(H,14,17)(H,13,15,16). The van der Waals surface area contributed by atoms with E-state index in [4.69, 9.17) is 0 Å². The lowest BCUT2D eigenvalue weighted by molar-refractivity contribution is -0.00312. The highest BCUT2D eigenvalue weighted by Gasteiger charge is 2.37. The molecular weight excluding hydrogens is 232 g/mol. The first-order valence-corrected chi connectivity index (χ1v) is 6.13. The van der Waals surface area contributed by atoms with Crippen molar-refractivity contribution in [2.45, 2.75) is 58.6 Å². The minimum absolute atomic E-state index is 0.107. The summed E-state index contributed by atoms with van der Waals surface area (Å²) in [6, 6.07) is 0. The zero-order chi connectivity index (χ0) is 14.0. The van der Waals surface area contributed by atoms with Crippen molar-refractivity contribution < 1.29 is 9.90 Å². The van der Waals surface area contributed by atoms with Gasteiger partial charge in [0.25, 0.3) is 5.91 Å². The Morgan fingerprint density at radius 3 is 2.50 bits per heavy atom. The van der Waals surface area contributed by atoms with Crippen LogP contribution in [0.4, 0.5) is 0 Å². The molecule has 0 fully saturated rings. The molecule has 1 aromatic rings. The Kier molecular flexibility index (Phi) is 4.11. The summed E-state index contributed by atoms with van der Waals surface area (Å²) in [5.74, 6) is 0.417. The van der Waals surface area contributed by atoms with Crippen LogP contribution in [0.1, 0.15) is 57.5 Å². The average molecular weight is 254 g/mol. The quantitative estimate of drug-likeness (QED) is 0.732. The monoisotopic (exact) mass is 254 g/mol. The molecule has 1 rings (SSSR count). The van der Waals surface area contributed by atoms with Crippen LogP contribution >= 0.6 is 0 Å². The first-order valence-electron chi connectivity index (χ1n) is 6.13. The van der Waals surface area contributed by atoms with Crippen molar-refractivity contribution in [2.24, 2.45) is 0 Å². The van der Waals surface area contributed by atoms with E-state index in [0.717, 1.165) is 12.8 Å². The van der Waals surface area contributed by atoms with Gasteiger partial charge in [-0.2, -0.15) is 0 Å². The lowest BCUT2D eigenvalue weighted by atomic mass is 9.86. The van der Waals surface area contributed by atoms with E-state index in [2.05, 4.69) is 20.5 Å². The summed E-state index contributed by atoms with van der Waals surface area (Å²) >= 11 is 0. The van der Waals surface area contributed by atoms with E-state index in [9.17, 15) is 9.90 Å². The number of aromatic amines is 1. The van der Waals surface area contributed by atoms with Crippen LogP contribution in [-0.2, 0) is 6.42 Å². The second-order valence-corrected chi connectivity index (χ2v) is 5.49. The molecule has 6 nitrogen and oxygen atoms in total. The Morgan fingerprint density at radius 1 is 1.39 bits per heavy atom. The van der Waals surface area contributed by atoms with Crippen LogP contribution in [0.15, 0.2) is 0 Å². The largest absolute Gasteiger partial charge is 0.388 e. The molecule has 0 aliphatic carbocycles. The van der Waals surface area contributed by atoms with Crippen molar-refractivity contribution >= 4 is 5.91 Å². The van der Waals surface area contributed by atoms with E-state index < -0.39 is 11.1 Å². The van der Waals surface area contributed by atoms with Crippen molar-refractivity contribution in [1.29, 1.82) is 0 Å². The molecule has 1 heterocycles. The minimum atomic E-state index is -1.04. The number of rotatable bonds is 5. The van der Waals surface area contributed by atoms with Crippen LogP contribution in [0, 0.1) is 0 Å². The molecule has 102 valence electrons. The zero-order valence-corrected chi connectivity index (χ0v) is 11.7. The summed E-state index contributed by atoms with van der Waals surface area (Å²) in [6.45, 7) is 8.83. The molecule has 0 aliphatic rings. The van der Waals surface area contributed by atoms with E-state index in [1.165, 1.54) is 0 Å². The van der Waals surface area contributed by atoms with Crippen LogP contribution in [-0.4, -0.2) is 37.3 Å². The smallest absolute Gasteiger partial charge is 0.291 e. The Bertz CT molecular complexity index is 418. The second-order valence-electron chi connectivity index (χ2n) is 5.49. The molecule has 18 heavy (non-hydrogen) atoms.